The minimum Gasteiger partial charge on any atom is -0.462 e. The molecule has 1 N–H and O–H groups in total. The largest absolute Gasteiger partial charge is 0.462 e. The standard InChI is InChI=1S/C22H23Cl2NO5S/c1-4-29-22(28)18-14-7-5-11(2)9-17(14)31-20(18)25-19(26)12(3)30-21(27)15-10-13(23)6-8-16(15)24/h6,8,10-12H,4-5,7,9H2,1-3H3,(H,25,26). The van der Waals surface area contributed by atoms with Crippen LogP contribution in [0.2, 0.25) is 10.0 Å². The van der Waals surface area contributed by atoms with Crippen molar-refractivity contribution in [3.63, 3.8) is 0 Å². The van der Waals surface area contributed by atoms with Crippen molar-refractivity contribution in [2.24, 2.45) is 5.92 Å². The Bertz CT molecular complexity index is 1020. The van der Waals surface area contributed by atoms with E-state index in [4.69, 9.17) is 32.7 Å². The van der Waals surface area contributed by atoms with Gasteiger partial charge in [0.2, 0.25) is 0 Å². The van der Waals surface area contributed by atoms with Gasteiger partial charge in [-0.15, -0.1) is 11.3 Å². The van der Waals surface area contributed by atoms with E-state index in [1.165, 1.54) is 30.4 Å². The molecule has 3 rings (SSSR count). The molecule has 6 nitrogen and oxygen atoms in total. The molecule has 0 bridgehead atoms. The zero-order valence-electron chi connectivity index (χ0n) is 17.4. The van der Waals surface area contributed by atoms with Crippen LogP contribution in [0.3, 0.4) is 0 Å². The van der Waals surface area contributed by atoms with E-state index < -0.39 is 23.9 Å². The minimum atomic E-state index is -1.12. The van der Waals surface area contributed by atoms with Crippen LogP contribution in [0, 0.1) is 5.92 Å². The fraction of sp³-hybridized carbons (Fsp3) is 0.409. The normalized spacial score (nSPS) is 16.2. The van der Waals surface area contributed by atoms with Crippen molar-refractivity contribution in [1.29, 1.82) is 0 Å². The van der Waals surface area contributed by atoms with Crippen molar-refractivity contribution in [2.45, 2.75) is 46.1 Å². The van der Waals surface area contributed by atoms with Gasteiger partial charge in [-0.1, -0.05) is 30.1 Å². The highest BCUT2D eigenvalue weighted by molar-refractivity contribution is 7.17. The van der Waals surface area contributed by atoms with Gasteiger partial charge in [-0.2, -0.15) is 0 Å². The molecule has 9 heteroatoms. The Balaban J connectivity index is 1.78. The summed E-state index contributed by atoms with van der Waals surface area (Å²) in [6.07, 6.45) is 1.46. The highest BCUT2D eigenvalue weighted by Gasteiger charge is 2.30. The van der Waals surface area contributed by atoms with Crippen molar-refractivity contribution >= 4 is 57.4 Å². The predicted octanol–water partition coefficient (Wildman–Crippen LogP) is 5.54. The Morgan fingerprint density at radius 3 is 2.71 bits per heavy atom. The van der Waals surface area contributed by atoms with E-state index in [0.29, 0.717) is 21.5 Å². The van der Waals surface area contributed by atoms with Gasteiger partial charge in [-0.25, -0.2) is 9.59 Å². The fourth-order valence-electron chi connectivity index (χ4n) is 3.40. The van der Waals surface area contributed by atoms with Gasteiger partial charge in [0.05, 0.1) is 22.8 Å². The number of anilines is 1. The average Bonchev–Trinajstić information content (AvgIpc) is 3.06. The monoisotopic (exact) mass is 483 g/mol. The van der Waals surface area contributed by atoms with Crippen LogP contribution in [-0.2, 0) is 27.1 Å². The third-order valence-corrected chi connectivity index (χ3v) is 6.76. The van der Waals surface area contributed by atoms with Gasteiger partial charge in [-0.3, -0.25) is 4.79 Å². The van der Waals surface area contributed by atoms with Gasteiger partial charge < -0.3 is 14.8 Å². The molecule has 0 aliphatic heterocycles. The van der Waals surface area contributed by atoms with E-state index in [9.17, 15) is 14.4 Å². The molecule has 1 aliphatic rings. The number of rotatable bonds is 6. The number of benzene rings is 1. The Labute approximate surface area is 194 Å². The molecular formula is C22H23Cl2NO5S. The van der Waals surface area contributed by atoms with E-state index in [-0.39, 0.29) is 17.2 Å². The van der Waals surface area contributed by atoms with Gasteiger partial charge >= 0.3 is 11.9 Å². The molecule has 0 spiro atoms. The molecule has 2 unspecified atom stereocenters. The first-order valence-corrected chi connectivity index (χ1v) is 11.6. The lowest BCUT2D eigenvalue weighted by molar-refractivity contribution is -0.123. The molecule has 2 aromatic rings. The lowest BCUT2D eigenvalue weighted by Crippen LogP contribution is -2.30. The lowest BCUT2D eigenvalue weighted by Gasteiger charge is -2.18. The number of fused-ring (bicyclic) bond motifs is 1. The molecule has 0 radical (unpaired) electrons. The second kappa shape index (κ2) is 10.0. The first kappa shape index (κ1) is 23.6. The predicted molar refractivity (Wildman–Crippen MR) is 121 cm³/mol. The maximum Gasteiger partial charge on any atom is 0.341 e. The number of halogens is 2. The maximum absolute atomic E-state index is 12.7. The molecule has 31 heavy (non-hydrogen) atoms. The van der Waals surface area contributed by atoms with Crippen molar-refractivity contribution in [1.82, 2.24) is 0 Å². The molecule has 2 atom stereocenters. The zero-order valence-corrected chi connectivity index (χ0v) is 19.7. The minimum absolute atomic E-state index is 0.0709. The van der Waals surface area contributed by atoms with Gasteiger partial charge in [0.15, 0.2) is 6.10 Å². The summed E-state index contributed by atoms with van der Waals surface area (Å²) in [6, 6.07) is 4.41. The average molecular weight is 484 g/mol. The summed E-state index contributed by atoms with van der Waals surface area (Å²) >= 11 is 13.3. The number of hydrogen-bond donors (Lipinski definition) is 1. The van der Waals surface area contributed by atoms with Crippen LogP contribution in [0.1, 0.15) is 58.3 Å². The van der Waals surface area contributed by atoms with Gasteiger partial charge in [0.25, 0.3) is 5.91 Å². The summed E-state index contributed by atoms with van der Waals surface area (Å²) in [6.45, 7) is 5.58. The number of esters is 2. The summed E-state index contributed by atoms with van der Waals surface area (Å²) in [5.74, 6) is -1.27. The Kier molecular flexibility index (Phi) is 7.62. The van der Waals surface area contributed by atoms with Gasteiger partial charge in [0.1, 0.15) is 5.00 Å². The summed E-state index contributed by atoms with van der Waals surface area (Å²) in [5, 5.41) is 3.67. The number of carbonyl (C=O) groups excluding carboxylic acids is 3. The third kappa shape index (κ3) is 5.40. The Hall–Kier alpha value is -2.09. The SMILES string of the molecule is CCOC(=O)c1c(NC(=O)C(C)OC(=O)c2cc(Cl)ccc2Cl)sc2c1CCC(C)C2. The number of hydrogen-bond acceptors (Lipinski definition) is 6. The summed E-state index contributed by atoms with van der Waals surface area (Å²) in [5.41, 5.74) is 1.41. The number of ether oxygens (including phenoxy) is 2. The number of thiophene rings is 1. The summed E-state index contributed by atoms with van der Waals surface area (Å²) in [4.78, 5) is 38.8. The highest BCUT2D eigenvalue weighted by Crippen LogP contribution is 2.40. The quantitative estimate of drug-likeness (QED) is 0.545. The van der Waals surface area contributed by atoms with Crippen LogP contribution >= 0.6 is 34.5 Å². The molecular weight excluding hydrogens is 461 g/mol. The smallest absolute Gasteiger partial charge is 0.341 e. The molecule has 1 aromatic heterocycles. The molecule has 0 saturated carbocycles. The van der Waals surface area contributed by atoms with Crippen LogP contribution in [0.5, 0.6) is 0 Å². The topological polar surface area (TPSA) is 81.7 Å². The van der Waals surface area contributed by atoms with Crippen LogP contribution in [-0.4, -0.2) is 30.6 Å². The van der Waals surface area contributed by atoms with Crippen LogP contribution in [0.15, 0.2) is 18.2 Å². The third-order valence-electron chi connectivity index (χ3n) is 5.03. The molecule has 0 fully saturated rings. The molecule has 166 valence electrons. The van der Waals surface area contributed by atoms with Crippen LogP contribution < -0.4 is 5.32 Å². The molecule has 1 aromatic carbocycles. The number of nitrogens with one attached hydrogen (secondary N) is 1. The summed E-state index contributed by atoms with van der Waals surface area (Å²) in [7, 11) is 0. The van der Waals surface area contributed by atoms with E-state index >= 15 is 0 Å². The fourth-order valence-corrected chi connectivity index (χ4v) is 5.17. The van der Waals surface area contributed by atoms with E-state index in [1.54, 1.807) is 13.0 Å². The van der Waals surface area contributed by atoms with Crippen LogP contribution in [0.4, 0.5) is 5.00 Å². The van der Waals surface area contributed by atoms with Gasteiger partial charge in [-0.05, 0) is 62.8 Å². The maximum atomic E-state index is 12.7. The van der Waals surface area contributed by atoms with Crippen molar-refractivity contribution in [3.05, 3.63) is 49.8 Å². The van der Waals surface area contributed by atoms with Crippen molar-refractivity contribution in [3.8, 4) is 0 Å². The molecule has 0 saturated heterocycles. The van der Waals surface area contributed by atoms with Crippen LogP contribution in [0.25, 0.3) is 0 Å². The van der Waals surface area contributed by atoms with Gasteiger partial charge in [0, 0.05) is 9.90 Å². The Morgan fingerprint density at radius 2 is 2.00 bits per heavy atom. The van der Waals surface area contributed by atoms with Crippen molar-refractivity contribution in [2.75, 3.05) is 11.9 Å². The van der Waals surface area contributed by atoms with E-state index in [2.05, 4.69) is 12.2 Å². The lowest BCUT2D eigenvalue weighted by atomic mass is 9.88. The number of amides is 1. The second-order valence-electron chi connectivity index (χ2n) is 7.44. The molecule has 1 heterocycles. The van der Waals surface area contributed by atoms with Crippen molar-refractivity contribution < 1.29 is 23.9 Å². The number of carbonyl (C=O) groups is 3. The first-order valence-electron chi connectivity index (χ1n) is 9.99. The summed E-state index contributed by atoms with van der Waals surface area (Å²) < 4.78 is 10.5. The van der Waals surface area contributed by atoms with E-state index in [0.717, 1.165) is 29.7 Å². The first-order chi connectivity index (χ1) is 14.7. The highest BCUT2D eigenvalue weighted by atomic mass is 35.5. The molecule has 1 aliphatic carbocycles. The molecule has 1 amide bonds. The second-order valence-corrected chi connectivity index (χ2v) is 9.39. The van der Waals surface area contributed by atoms with E-state index in [1.807, 2.05) is 0 Å². The Morgan fingerprint density at radius 1 is 1.26 bits per heavy atom. The zero-order chi connectivity index (χ0) is 22.7.